The molecule has 0 bridgehead atoms. The number of fused-ring (bicyclic) bond motifs is 1. The summed E-state index contributed by atoms with van der Waals surface area (Å²) in [6.07, 6.45) is -4.95. The zero-order chi connectivity index (χ0) is 35.5. The molecular weight excluding hydrogens is 675 g/mol. The monoisotopic (exact) mass is 707 g/mol. The van der Waals surface area contributed by atoms with Crippen LogP contribution in [0.2, 0.25) is 5.02 Å². The van der Waals surface area contributed by atoms with Crippen molar-refractivity contribution in [2.45, 2.75) is 64.3 Å². The van der Waals surface area contributed by atoms with Gasteiger partial charge in [0.15, 0.2) is 22.1 Å². The van der Waals surface area contributed by atoms with Crippen molar-refractivity contribution >= 4 is 56.9 Å². The number of aromatic nitrogens is 3. The number of carbonyl (C=O) groups is 3. The molecule has 47 heavy (non-hydrogen) atoms. The molecule has 19 heteroatoms. The Balaban J connectivity index is 1.97. The summed E-state index contributed by atoms with van der Waals surface area (Å²) < 4.78 is 85.3. The highest BCUT2D eigenvalue weighted by molar-refractivity contribution is 7.90. The van der Waals surface area contributed by atoms with Crippen LogP contribution in [-0.4, -0.2) is 78.6 Å². The highest BCUT2D eigenvalue weighted by atomic mass is 35.5. The van der Waals surface area contributed by atoms with Crippen LogP contribution in [-0.2, 0) is 28.8 Å². The minimum absolute atomic E-state index is 0.153. The number of alkyl carbamates (subject to hydrolysis) is 1. The smallest absolute Gasteiger partial charge is 0.424 e. The number of nitrogens with one attached hydrogen (secondary N) is 1. The Labute approximate surface area is 273 Å². The second-order valence-corrected chi connectivity index (χ2v) is 14.6. The second-order valence-electron chi connectivity index (χ2n) is 12.1. The summed E-state index contributed by atoms with van der Waals surface area (Å²) in [5, 5.41) is 6.79. The maximum absolute atomic E-state index is 13.5. The molecule has 2 aromatic heterocycles. The summed E-state index contributed by atoms with van der Waals surface area (Å²) in [5.74, 6) is -2.15. The van der Waals surface area contributed by atoms with E-state index in [1.54, 1.807) is 41.5 Å². The van der Waals surface area contributed by atoms with Gasteiger partial charge in [-0.15, -0.1) is 5.10 Å². The van der Waals surface area contributed by atoms with Crippen LogP contribution in [0, 0.1) is 5.41 Å². The number of benzene rings is 1. The third-order valence-corrected chi connectivity index (χ3v) is 7.14. The number of hydrogen-bond acceptors (Lipinski definition) is 11. The van der Waals surface area contributed by atoms with Crippen LogP contribution in [0.5, 0.6) is 5.75 Å². The zero-order valence-corrected chi connectivity index (χ0v) is 27.9. The molecule has 258 valence electrons. The van der Waals surface area contributed by atoms with Gasteiger partial charge < -0.3 is 24.3 Å². The highest BCUT2D eigenvalue weighted by Gasteiger charge is 2.36. The van der Waals surface area contributed by atoms with Gasteiger partial charge in [0.05, 0.1) is 15.6 Å². The quantitative estimate of drug-likeness (QED) is 0.222. The molecule has 3 aromatic rings. The molecule has 0 saturated carbocycles. The van der Waals surface area contributed by atoms with Gasteiger partial charge in [0.1, 0.15) is 17.4 Å². The topological polar surface area (TPSA) is 168 Å². The number of ether oxygens (including phenoxy) is 4. The lowest BCUT2D eigenvalue weighted by molar-refractivity contribution is -0.157. The molecular formula is C28H33ClF3N5O9S. The predicted octanol–water partition coefficient (Wildman–Crippen LogP) is 5.44. The number of amides is 2. The van der Waals surface area contributed by atoms with Gasteiger partial charge in [-0.3, -0.25) is 0 Å². The fraction of sp³-hybridized carbons (Fsp3) is 0.464. The van der Waals surface area contributed by atoms with Crippen LogP contribution in [0.1, 0.15) is 41.5 Å². The van der Waals surface area contributed by atoms with Crippen LogP contribution in [0.25, 0.3) is 5.65 Å². The molecule has 2 amide bonds. The van der Waals surface area contributed by atoms with E-state index in [0.29, 0.717) is 4.90 Å². The van der Waals surface area contributed by atoms with Crippen molar-refractivity contribution in [1.82, 2.24) is 19.9 Å². The van der Waals surface area contributed by atoms with Gasteiger partial charge in [0.2, 0.25) is 6.79 Å². The Morgan fingerprint density at radius 1 is 1.04 bits per heavy atom. The molecule has 1 N–H and O–H groups in total. The molecule has 1 unspecified atom stereocenters. The van der Waals surface area contributed by atoms with E-state index in [9.17, 15) is 36.0 Å². The number of sulfone groups is 1. The summed E-state index contributed by atoms with van der Waals surface area (Å²) in [6.45, 7) is 6.90. The van der Waals surface area contributed by atoms with Crippen LogP contribution in [0.4, 0.5) is 34.4 Å². The SMILES string of the molecule is CC(C)(C)OC(=O)NC(C(=O)OCOC(=O)N(c1nc2ccc(Cl)cn2n1)c1ccc(S(C)(=O)=O)cc1OCC(F)(F)F)C(C)(C)C. The molecule has 1 atom stereocenters. The van der Waals surface area contributed by atoms with Crippen molar-refractivity contribution in [3.63, 3.8) is 0 Å². The van der Waals surface area contributed by atoms with Gasteiger partial charge in [-0.05, 0) is 50.5 Å². The number of rotatable bonds is 9. The summed E-state index contributed by atoms with van der Waals surface area (Å²) in [6, 6.07) is 4.45. The summed E-state index contributed by atoms with van der Waals surface area (Å²) >= 11 is 6.02. The largest absolute Gasteiger partial charge is 0.482 e. The summed E-state index contributed by atoms with van der Waals surface area (Å²) in [7, 11) is -3.94. The number of esters is 1. The third kappa shape index (κ3) is 10.6. The Kier molecular flexibility index (Phi) is 10.9. The molecule has 1 aromatic carbocycles. The van der Waals surface area contributed by atoms with Crippen LogP contribution in [0.3, 0.4) is 0 Å². The van der Waals surface area contributed by atoms with E-state index in [4.69, 9.17) is 30.5 Å². The van der Waals surface area contributed by atoms with Crippen molar-refractivity contribution in [3.05, 3.63) is 41.6 Å². The Hall–Kier alpha value is -4.32. The van der Waals surface area contributed by atoms with Crippen LogP contribution >= 0.6 is 11.6 Å². The Morgan fingerprint density at radius 3 is 2.28 bits per heavy atom. The minimum atomic E-state index is -4.84. The van der Waals surface area contributed by atoms with E-state index in [1.807, 2.05) is 0 Å². The van der Waals surface area contributed by atoms with Crippen molar-refractivity contribution in [1.29, 1.82) is 0 Å². The van der Waals surface area contributed by atoms with Gasteiger partial charge >= 0.3 is 24.3 Å². The van der Waals surface area contributed by atoms with Gasteiger partial charge in [0, 0.05) is 18.5 Å². The summed E-state index contributed by atoms with van der Waals surface area (Å²) in [4.78, 5) is 43.2. The molecule has 0 spiro atoms. The molecule has 0 radical (unpaired) electrons. The fourth-order valence-electron chi connectivity index (χ4n) is 3.75. The molecule has 3 rings (SSSR count). The maximum atomic E-state index is 13.5. The molecule has 0 fully saturated rings. The first-order valence-electron chi connectivity index (χ1n) is 13.6. The first-order valence-corrected chi connectivity index (χ1v) is 15.9. The van der Waals surface area contributed by atoms with E-state index < -0.39 is 86.9 Å². The lowest BCUT2D eigenvalue weighted by Crippen LogP contribution is -2.51. The maximum Gasteiger partial charge on any atom is 0.424 e. The number of alkyl halides is 3. The standard InChI is InChI=1S/C28H33ClF3N5O9S/c1-26(2,3)21(34-24(39)46-27(4,5)6)22(38)44-15-45-25(40)37(23-33-20-11-8-16(29)13-36(20)35-23)18-10-9-17(47(7,41)42)12-19(18)43-14-28(30,31)32/h8-13,21H,14-15H2,1-7H3,(H,34,39). The minimum Gasteiger partial charge on any atom is -0.482 e. The molecule has 14 nitrogen and oxygen atoms in total. The van der Waals surface area contributed by atoms with Crippen molar-refractivity contribution in [2.75, 3.05) is 24.6 Å². The lowest BCUT2D eigenvalue weighted by atomic mass is 9.87. The normalized spacial score (nSPS) is 13.1. The third-order valence-electron chi connectivity index (χ3n) is 5.80. The lowest BCUT2D eigenvalue weighted by Gasteiger charge is -2.30. The van der Waals surface area contributed by atoms with Gasteiger partial charge in [-0.2, -0.15) is 18.2 Å². The van der Waals surface area contributed by atoms with E-state index in [0.717, 1.165) is 29.0 Å². The van der Waals surface area contributed by atoms with Gasteiger partial charge in [0.25, 0.3) is 5.95 Å². The van der Waals surface area contributed by atoms with Crippen LogP contribution in [0.15, 0.2) is 41.4 Å². The van der Waals surface area contributed by atoms with E-state index in [-0.39, 0.29) is 10.7 Å². The van der Waals surface area contributed by atoms with Gasteiger partial charge in [-0.1, -0.05) is 32.4 Å². The van der Waals surface area contributed by atoms with Crippen molar-refractivity contribution in [3.8, 4) is 5.75 Å². The van der Waals surface area contributed by atoms with Crippen molar-refractivity contribution in [2.24, 2.45) is 5.41 Å². The zero-order valence-electron chi connectivity index (χ0n) is 26.3. The Morgan fingerprint density at radius 2 is 1.70 bits per heavy atom. The predicted molar refractivity (Wildman–Crippen MR) is 161 cm³/mol. The van der Waals surface area contributed by atoms with E-state index >= 15 is 0 Å². The molecule has 0 saturated heterocycles. The van der Waals surface area contributed by atoms with E-state index in [2.05, 4.69) is 15.4 Å². The summed E-state index contributed by atoms with van der Waals surface area (Å²) in [5.41, 5.74) is -2.05. The first kappa shape index (κ1) is 37.1. The van der Waals surface area contributed by atoms with Crippen molar-refractivity contribution < 1.29 is 54.9 Å². The number of anilines is 2. The van der Waals surface area contributed by atoms with Gasteiger partial charge in [-0.25, -0.2) is 32.2 Å². The molecule has 2 heterocycles. The van der Waals surface area contributed by atoms with Crippen LogP contribution < -0.4 is 15.0 Å². The molecule has 0 aliphatic heterocycles. The number of halogens is 4. The number of hydrogen-bond donors (Lipinski definition) is 1. The Bertz CT molecular complexity index is 1750. The highest BCUT2D eigenvalue weighted by Crippen LogP contribution is 2.36. The molecule has 0 aliphatic rings. The number of carbonyl (C=O) groups excluding carboxylic acids is 3. The molecule has 0 aliphatic carbocycles. The van der Waals surface area contributed by atoms with E-state index in [1.165, 1.54) is 18.3 Å². The average molecular weight is 708 g/mol. The first-order chi connectivity index (χ1) is 21.4. The number of nitrogens with zero attached hydrogens (tertiary/aromatic N) is 4. The average Bonchev–Trinajstić information content (AvgIpc) is 3.31. The fourth-order valence-corrected chi connectivity index (χ4v) is 4.55. The number of pyridine rings is 1. The second kappa shape index (κ2) is 13.8.